The summed E-state index contributed by atoms with van der Waals surface area (Å²) in [5, 5.41) is 0. The molecular weight excluding hydrogens is 218 g/mol. The van der Waals surface area contributed by atoms with Crippen LogP contribution in [-0.4, -0.2) is 0 Å². The van der Waals surface area contributed by atoms with Crippen LogP contribution in [-0.2, 0) is 6.42 Å². The van der Waals surface area contributed by atoms with Gasteiger partial charge in [-0.3, -0.25) is 0 Å². The summed E-state index contributed by atoms with van der Waals surface area (Å²) in [6.07, 6.45) is 10.1. The quantitative estimate of drug-likeness (QED) is 0.822. The molecule has 0 atom stereocenters. The molecule has 0 heterocycles. The lowest BCUT2D eigenvalue weighted by atomic mass is 9.85. The van der Waals surface area contributed by atoms with Crippen LogP contribution in [0.4, 0.5) is 0 Å². The molecule has 1 aromatic rings. The molecule has 0 aromatic heterocycles. The second-order valence-corrected chi connectivity index (χ2v) is 5.37. The lowest BCUT2D eigenvalue weighted by Gasteiger charge is -2.21. The molecule has 1 fully saturated rings. The third-order valence-electron chi connectivity index (χ3n) is 3.41. The fourth-order valence-electron chi connectivity index (χ4n) is 2.49. The molecule has 1 heteroatoms. The van der Waals surface area contributed by atoms with Crippen molar-refractivity contribution in [2.45, 2.75) is 51.9 Å². The lowest BCUT2D eigenvalue weighted by Crippen LogP contribution is -2.07. The zero-order valence-electron chi connectivity index (χ0n) is 11.7. The van der Waals surface area contributed by atoms with Crippen LogP contribution >= 0.6 is 0 Å². The molecule has 100 valence electrons. The van der Waals surface area contributed by atoms with E-state index in [2.05, 4.69) is 36.9 Å². The maximum absolute atomic E-state index is 4.92. The van der Waals surface area contributed by atoms with Gasteiger partial charge < -0.3 is 5.73 Å². The molecule has 18 heavy (non-hydrogen) atoms. The Kier molecular flexibility index (Phi) is 7.24. The number of aryl methyl sites for hydroxylation is 1. The Morgan fingerprint density at radius 2 is 1.72 bits per heavy atom. The van der Waals surface area contributed by atoms with E-state index in [4.69, 9.17) is 5.73 Å². The summed E-state index contributed by atoms with van der Waals surface area (Å²) >= 11 is 0. The minimum absolute atomic E-state index is 0.667. The van der Waals surface area contributed by atoms with Crippen LogP contribution < -0.4 is 5.73 Å². The Morgan fingerprint density at radius 3 is 2.28 bits per heavy atom. The van der Waals surface area contributed by atoms with Gasteiger partial charge >= 0.3 is 0 Å². The van der Waals surface area contributed by atoms with Crippen molar-refractivity contribution >= 4 is 0 Å². The Bertz CT molecular complexity index is 319. The SMILES string of the molecule is C=C(C)N.c1ccc(CCC2CCCCC2)cc1. The van der Waals surface area contributed by atoms with Crippen LogP contribution in [0.3, 0.4) is 0 Å². The molecule has 2 N–H and O–H groups in total. The molecule has 0 spiro atoms. The van der Waals surface area contributed by atoms with Crippen molar-refractivity contribution in [2.24, 2.45) is 11.7 Å². The van der Waals surface area contributed by atoms with Gasteiger partial charge in [-0.1, -0.05) is 69.0 Å². The highest BCUT2D eigenvalue weighted by Crippen LogP contribution is 2.27. The fraction of sp³-hybridized carbons (Fsp3) is 0.529. The fourth-order valence-corrected chi connectivity index (χ4v) is 2.49. The third-order valence-corrected chi connectivity index (χ3v) is 3.41. The summed E-state index contributed by atoms with van der Waals surface area (Å²) in [4.78, 5) is 0. The van der Waals surface area contributed by atoms with Crippen LogP contribution in [0.15, 0.2) is 42.6 Å². The smallest absolute Gasteiger partial charge is 0.00242 e. The van der Waals surface area contributed by atoms with Gasteiger partial charge in [-0.15, -0.1) is 0 Å². The Hall–Kier alpha value is -1.24. The summed E-state index contributed by atoms with van der Waals surface area (Å²) < 4.78 is 0. The van der Waals surface area contributed by atoms with E-state index in [-0.39, 0.29) is 0 Å². The zero-order valence-corrected chi connectivity index (χ0v) is 11.7. The predicted molar refractivity (Wildman–Crippen MR) is 80.3 cm³/mol. The van der Waals surface area contributed by atoms with E-state index in [0.29, 0.717) is 5.70 Å². The van der Waals surface area contributed by atoms with Crippen molar-refractivity contribution in [1.82, 2.24) is 0 Å². The van der Waals surface area contributed by atoms with Gasteiger partial charge in [0.1, 0.15) is 0 Å². The van der Waals surface area contributed by atoms with Crippen LogP contribution in [0, 0.1) is 5.92 Å². The largest absolute Gasteiger partial charge is 0.403 e. The molecule has 0 unspecified atom stereocenters. The lowest BCUT2D eigenvalue weighted by molar-refractivity contribution is 0.339. The number of benzene rings is 1. The van der Waals surface area contributed by atoms with E-state index in [1.165, 1.54) is 50.5 Å². The summed E-state index contributed by atoms with van der Waals surface area (Å²) in [7, 11) is 0. The van der Waals surface area contributed by atoms with Gasteiger partial charge in [-0.2, -0.15) is 0 Å². The second-order valence-electron chi connectivity index (χ2n) is 5.37. The first-order chi connectivity index (χ1) is 8.68. The molecule has 1 aliphatic carbocycles. The topological polar surface area (TPSA) is 26.0 Å². The van der Waals surface area contributed by atoms with E-state index in [1.54, 1.807) is 6.92 Å². The van der Waals surface area contributed by atoms with Crippen molar-refractivity contribution in [3.05, 3.63) is 48.2 Å². The third kappa shape index (κ3) is 7.16. The van der Waals surface area contributed by atoms with E-state index in [0.717, 1.165) is 5.92 Å². The number of hydrogen-bond donors (Lipinski definition) is 1. The Balaban J connectivity index is 0.000000357. The standard InChI is InChI=1S/C14H20.C3H7N/c1-3-7-13(8-4-1)11-12-14-9-5-2-6-10-14;1-3(2)4/h1,3-4,7-8,14H,2,5-6,9-12H2;1,4H2,2H3. The average Bonchev–Trinajstić information content (AvgIpc) is 2.38. The zero-order chi connectivity index (χ0) is 13.2. The van der Waals surface area contributed by atoms with E-state index in [1.807, 2.05) is 0 Å². The highest BCUT2D eigenvalue weighted by Gasteiger charge is 2.12. The van der Waals surface area contributed by atoms with Crippen LogP contribution in [0.5, 0.6) is 0 Å². The molecule has 0 bridgehead atoms. The maximum Gasteiger partial charge on any atom is -0.00242 e. The monoisotopic (exact) mass is 245 g/mol. The summed E-state index contributed by atoms with van der Waals surface area (Å²) in [6, 6.07) is 10.9. The van der Waals surface area contributed by atoms with Crippen LogP contribution in [0.1, 0.15) is 51.0 Å². The van der Waals surface area contributed by atoms with Crippen LogP contribution in [0.2, 0.25) is 0 Å². The number of allylic oxidation sites excluding steroid dienone is 1. The highest BCUT2D eigenvalue weighted by molar-refractivity contribution is 5.14. The van der Waals surface area contributed by atoms with Gasteiger partial charge in [0.2, 0.25) is 0 Å². The summed E-state index contributed by atoms with van der Waals surface area (Å²) in [6.45, 7) is 5.08. The molecule has 2 rings (SSSR count). The predicted octanol–water partition coefficient (Wildman–Crippen LogP) is 4.68. The van der Waals surface area contributed by atoms with Gasteiger partial charge in [0.25, 0.3) is 0 Å². The van der Waals surface area contributed by atoms with Crippen molar-refractivity contribution in [3.63, 3.8) is 0 Å². The minimum Gasteiger partial charge on any atom is -0.403 e. The first-order valence-electron chi connectivity index (χ1n) is 7.13. The van der Waals surface area contributed by atoms with Crippen molar-refractivity contribution in [3.8, 4) is 0 Å². The molecule has 1 aliphatic rings. The number of rotatable bonds is 3. The van der Waals surface area contributed by atoms with Gasteiger partial charge in [0.05, 0.1) is 0 Å². The first kappa shape index (κ1) is 14.8. The minimum atomic E-state index is 0.667. The molecule has 1 saturated carbocycles. The first-order valence-corrected chi connectivity index (χ1v) is 7.13. The van der Waals surface area contributed by atoms with E-state index >= 15 is 0 Å². The highest BCUT2D eigenvalue weighted by atomic mass is 14.5. The molecule has 0 amide bonds. The van der Waals surface area contributed by atoms with E-state index in [9.17, 15) is 0 Å². The van der Waals surface area contributed by atoms with Crippen molar-refractivity contribution in [1.29, 1.82) is 0 Å². The maximum atomic E-state index is 4.92. The van der Waals surface area contributed by atoms with Gasteiger partial charge in [-0.05, 0) is 36.9 Å². The van der Waals surface area contributed by atoms with Crippen molar-refractivity contribution < 1.29 is 0 Å². The van der Waals surface area contributed by atoms with Gasteiger partial charge in [0, 0.05) is 0 Å². The average molecular weight is 245 g/mol. The second kappa shape index (κ2) is 8.79. The molecule has 0 saturated heterocycles. The molecular formula is C17H27N. The normalized spacial score (nSPS) is 15.6. The van der Waals surface area contributed by atoms with Crippen LogP contribution in [0.25, 0.3) is 0 Å². The van der Waals surface area contributed by atoms with Crippen molar-refractivity contribution in [2.75, 3.05) is 0 Å². The summed E-state index contributed by atoms with van der Waals surface area (Å²) in [5.41, 5.74) is 7.10. The van der Waals surface area contributed by atoms with E-state index < -0.39 is 0 Å². The number of hydrogen-bond acceptors (Lipinski definition) is 1. The molecule has 0 aliphatic heterocycles. The number of nitrogens with two attached hydrogens (primary N) is 1. The molecule has 0 radical (unpaired) electrons. The Morgan fingerprint density at radius 1 is 1.17 bits per heavy atom. The molecule has 1 nitrogen and oxygen atoms in total. The molecule has 1 aromatic carbocycles. The van der Waals surface area contributed by atoms with Gasteiger partial charge in [-0.25, -0.2) is 0 Å². The Labute approximate surface area is 112 Å². The summed E-state index contributed by atoms with van der Waals surface area (Å²) in [5.74, 6) is 1.02. The van der Waals surface area contributed by atoms with Gasteiger partial charge in [0.15, 0.2) is 0 Å².